The summed E-state index contributed by atoms with van der Waals surface area (Å²) in [5.74, 6) is 0. The molecule has 0 aromatic heterocycles. The fraction of sp³-hybridized carbons (Fsp3) is 0.938. The maximum Gasteiger partial charge on any atom is 0.410 e. The van der Waals surface area contributed by atoms with Crippen LogP contribution in [0.5, 0.6) is 0 Å². The summed E-state index contributed by atoms with van der Waals surface area (Å²) in [5, 5.41) is 0. The van der Waals surface area contributed by atoms with Crippen molar-refractivity contribution in [2.45, 2.75) is 78.1 Å². The molecule has 1 spiro atoms. The Hall–Kier alpha value is -0.770. The predicted octanol–water partition coefficient (Wildman–Crippen LogP) is 3.59. The van der Waals surface area contributed by atoms with E-state index in [2.05, 4.69) is 20.8 Å². The third kappa shape index (κ3) is 3.46. The highest BCUT2D eigenvalue weighted by molar-refractivity contribution is 5.67. The van der Waals surface area contributed by atoms with Crippen LogP contribution in [0.2, 0.25) is 0 Å². The van der Waals surface area contributed by atoms with E-state index in [0.717, 1.165) is 38.8 Å². The molecule has 1 atom stereocenters. The fourth-order valence-electron chi connectivity index (χ4n) is 3.16. The van der Waals surface area contributed by atoms with E-state index in [1.54, 1.807) is 0 Å². The Labute approximate surface area is 122 Å². The lowest BCUT2D eigenvalue weighted by Gasteiger charge is -2.40. The largest absolute Gasteiger partial charge is 0.447 e. The molecule has 0 saturated carbocycles. The quantitative estimate of drug-likeness (QED) is 0.738. The van der Waals surface area contributed by atoms with Crippen molar-refractivity contribution in [1.82, 2.24) is 4.90 Å². The third-order valence-electron chi connectivity index (χ3n) is 4.49. The Morgan fingerprint density at radius 2 is 1.85 bits per heavy atom. The van der Waals surface area contributed by atoms with Crippen molar-refractivity contribution < 1.29 is 14.3 Å². The normalized spacial score (nSPS) is 26.3. The first-order chi connectivity index (χ1) is 9.22. The van der Waals surface area contributed by atoms with Crippen molar-refractivity contribution in [2.75, 3.05) is 13.1 Å². The Morgan fingerprint density at radius 3 is 2.30 bits per heavy atom. The van der Waals surface area contributed by atoms with Crippen LogP contribution in [0.1, 0.15) is 60.3 Å². The Kier molecular flexibility index (Phi) is 4.33. The van der Waals surface area contributed by atoms with Gasteiger partial charge < -0.3 is 14.4 Å². The van der Waals surface area contributed by atoms with Gasteiger partial charge in [0.25, 0.3) is 0 Å². The van der Waals surface area contributed by atoms with Crippen LogP contribution >= 0.6 is 0 Å². The number of hydrogen-bond acceptors (Lipinski definition) is 3. The summed E-state index contributed by atoms with van der Waals surface area (Å²) < 4.78 is 11.6. The number of carbonyl (C=O) groups excluding carboxylic acids is 1. The smallest absolute Gasteiger partial charge is 0.410 e. The number of nitrogens with zero attached hydrogens (tertiary/aromatic N) is 1. The number of ether oxygens (including phenoxy) is 2. The second kappa shape index (κ2) is 5.55. The lowest BCUT2D eigenvalue weighted by Crippen LogP contribution is -2.47. The summed E-state index contributed by atoms with van der Waals surface area (Å²) in [6.45, 7) is 12.0. The van der Waals surface area contributed by atoms with Gasteiger partial charge in [-0.25, -0.2) is 4.79 Å². The molecule has 2 aliphatic rings. The Balaban J connectivity index is 1.87. The molecule has 0 aliphatic carbocycles. The van der Waals surface area contributed by atoms with Crippen molar-refractivity contribution in [3.05, 3.63) is 0 Å². The van der Waals surface area contributed by atoms with Crippen LogP contribution in [0.15, 0.2) is 0 Å². The lowest BCUT2D eigenvalue weighted by atomic mass is 9.85. The molecule has 20 heavy (non-hydrogen) atoms. The molecule has 1 unspecified atom stereocenters. The minimum absolute atomic E-state index is 0.00651. The molecule has 4 heteroatoms. The highest BCUT2D eigenvalue weighted by atomic mass is 16.6. The number of hydrogen-bond donors (Lipinski definition) is 0. The maximum absolute atomic E-state index is 11.9. The standard InChI is InChI=1S/C16H29NO3/c1-12(2)19-14(18)17-10-8-16(9-11-17)7-6-13(20-16)15(3,4)5/h12-13H,6-11H2,1-5H3. The van der Waals surface area contributed by atoms with E-state index in [1.165, 1.54) is 0 Å². The van der Waals surface area contributed by atoms with E-state index < -0.39 is 0 Å². The van der Waals surface area contributed by atoms with Gasteiger partial charge >= 0.3 is 6.09 Å². The van der Waals surface area contributed by atoms with Gasteiger partial charge in [-0.3, -0.25) is 0 Å². The van der Waals surface area contributed by atoms with E-state index in [0.29, 0.717) is 6.10 Å². The molecule has 4 nitrogen and oxygen atoms in total. The van der Waals surface area contributed by atoms with Crippen molar-refractivity contribution in [2.24, 2.45) is 5.41 Å². The fourth-order valence-corrected chi connectivity index (χ4v) is 3.16. The number of rotatable bonds is 1. The molecule has 2 rings (SSSR count). The molecule has 0 bridgehead atoms. The van der Waals surface area contributed by atoms with Crippen molar-refractivity contribution in [1.29, 1.82) is 0 Å². The molecular weight excluding hydrogens is 254 g/mol. The monoisotopic (exact) mass is 283 g/mol. The van der Waals surface area contributed by atoms with E-state index in [-0.39, 0.29) is 23.2 Å². The topological polar surface area (TPSA) is 38.8 Å². The number of carbonyl (C=O) groups is 1. The van der Waals surface area contributed by atoms with Gasteiger partial charge in [0.1, 0.15) is 0 Å². The van der Waals surface area contributed by atoms with E-state index in [1.807, 2.05) is 18.7 Å². The SMILES string of the molecule is CC(C)OC(=O)N1CCC2(CCC(C(C)(C)C)O2)CC1. The average Bonchev–Trinajstić information content (AvgIpc) is 2.73. The highest BCUT2D eigenvalue weighted by Crippen LogP contribution is 2.44. The Morgan fingerprint density at radius 1 is 1.25 bits per heavy atom. The molecule has 2 fully saturated rings. The van der Waals surface area contributed by atoms with E-state index in [9.17, 15) is 4.79 Å². The molecular formula is C16H29NO3. The third-order valence-corrected chi connectivity index (χ3v) is 4.49. The first-order valence-electron chi connectivity index (χ1n) is 7.85. The zero-order valence-electron chi connectivity index (χ0n) is 13.6. The summed E-state index contributed by atoms with van der Waals surface area (Å²) in [4.78, 5) is 13.7. The van der Waals surface area contributed by atoms with Crippen LogP contribution < -0.4 is 0 Å². The Bertz CT molecular complexity index is 351. The van der Waals surface area contributed by atoms with Gasteiger partial charge in [-0.2, -0.15) is 0 Å². The van der Waals surface area contributed by atoms with Gasteiger partial charge in [0.05, 0.1) is 17.8 Å². The summed E-state index contributed by atoms with van der Waals surface area (Å²) in [6.07, 6.45) is 4.25. The van der Waals surface area contributed by atoms with Crippen LogP contribution in [-0.2, 0) is 9.47 Å². The molecule has 0 aromatic rings. The average molecular weight is 283 g/mol. The highest BCUT2D eigenvalue weighted by Gasteiger charge is 2.46. The van der Waals surface area contributed by atoms with Gasteiger partial charge in [-0.15, -0.1) is 0 Å². The minimum atomic E-state index is -0.180. The summed E-state index contributed by atoms with van der Waals surface area (Å²) in [7, 11) is 0. The zero-order valence-corrected chi connectivity index (χ0v) is 13.6. The van der Waals surface area contributed by atoms with Crippen LogP contribution in [0.4, 0.5) is 4.79 Å². The van der Waals surface area contributed by atoms with Gasteiger partial charge in [-0.05, 0) is 44.9 Å². The molecule has 1 amide bonds. The van der Waals surface area contributed by atoms with Crippen LogP contribution in [0, 0.1) is 5.41 Å². The molecule has 116 valence electrons. The van der Waals surface area contributed by atoms with Crippen LogP contribution in [-0.4, -0.2) is 41.9 Å². The summed E-state index contributed by atoms with van der Waals surface area (Å²) >= 11 is 0. The predicted molar refractivity (Wildman–Crippen MR) is 78.7 cm³/mol. The van der Waals surface area contributed by atoms with Crippen LogP contribution in [0.25, 0.3) is 0 Å². The molecule has 2 saturated heterocycles. The van der Waals surface area contributed by atoms with Crippen molar-refractivity contribution in [3.63, 3.8) is 0 Å². The second-order valence-corrected chi connectivity index (χ2v) is 7.61. The molecule has 2 heterocycles. The van der Waals surface area contributed by atoms with Crippen molar-refractivity contribution >= 4 is 6.09 Å². The first kappa shape index (κ1) is 15.6. The van der Waals surface area contributed by atoms with Crippen LogP contribution in [0.3, 0.4) is 0 Å². The summed E-state index contributed by atoms with van der Waals surface area (Å²) in [5.41, 5.74) is 0.212. The first-order valence-corrected chi connectivity index (χ1v) is 7.85. The zero-order chi connectivity index (χ0) is 15.0. The molecule has 2 aliphatic heterocycles. The maximum atomic E-state index is 11.9. The molecule has 0 N–H and O–H groups in total. The lowest BCUT2D eigenvalue weighted by molar-refractivity contribution is -0.105. The van der Waals surface area contributed by atoms with Gasteiger partial charge in [0.15, 0.2) is 0 Å². The summed E-state index contributed by atoms with van der Waals surface area (Å²) in [6, 6.07) is 0. The second-order valence-electron chi connectivity index (χ2n) is 7.61. The molecule has 0 radical (unpaired) electrons. The van der Waals surface area contributed by atoms with Gasteiger partial charge in [-0.1, -0.05) is 20.8 Å². The number of likely N-dealkylation sites (tertiary alicyclic amines) is 1. The van der Waals surface area contributed by atoms with Gasteiger partial charge in [0.2, 0.25) is 0 Å². The number of amides is 1. The van der Waals surface area contributed by atoms with Gasteiger partial charge in [0, 0.05) is 13.1 Å². The number of piperidine rings is 1. The molecule has 0 aromatic carbocycles. The van der Waals surface area contributed by atoms with E-state index >= 15 is 0 Å². The van der Waals surface area contributed by atoms with Crippen molar-refractivity contribution in [3.8, 4) is 0 Å². The minimum Gasteiger partial charge on any atom is -0.447 e. The van der Waals surface area contributed by atoms with E-state index in [4.69, 9.17) is 9.47 Å².